The van der Waals surface area contributed by atoms with Crippen LogP contribution in [-0.2, 0) is 48.3 Å². The molecule has 214 valence electrons. The lowest BCUT2D eigenvalue weighted by atomic mass is 10.0. The molecule has 1 N–H and O–H groups in total. The van der Waals surface area contributed by atoms with Gasteiger partial charge in [0.2, 0.25) is 0 Å². The normalized spacial score (nSPS) is 21.6. The SMILES string of the molecule is CCCC[C@H](O[C@@H]1C[C@@H](OCc2ccccc2)[C@H](OCc2ccccc2)[C@@H](COCc2ccccc2)O1)C(=O)O. The Balaban J connectivity index is 1.51. The van der Waals surface area contributed by atoms with Crippen LogP contribution in [0.2, 0.25) is 0 Å². The number of hydrogen-bond donors (Lipinski definition) is 1. The highest BCUT2D eigenvalue weighted by Gasteiger charge is 2.42. The summed E-state index contributed by atoms with van der Waals surface area (Å²) >= 11 is 0. The monoisotopic (exact) mass is 548 g/mol. The van der Waals surface area contributed by atoms with Gasteiger partial charge in [-0.25, -0.2) is 4.79 Å². The molecule has 7 nitrogen and oxygen atoms in total. The lowest BCUT2D eigenvalue weighted by molar-refractivity contribution is -0.288. The number of rotatable bonds is 16. The number of carboxylic acid groups (broad SMARTS) is 1. The van der Waals surface area contributed by atoms with Crippen molar-refractivity contribution in [2.75, 3.05) is 6.61 Å². The summed E-state index contributed by atoms with van der Waals surface area (Å²) in [4.78, 5) is 11.9. The number of benzene rings is 3. The minimum absolute atomic E-state index is 0.242. The highest BCUT2D eigenvalue weighted by molar-refractivity contribution is 5.72. The third-order valence-corrected chi connectivity index (χ3v) is 6.88. The Labute approximate surface area is 237 Å². The lowest BCUT2D eigenvalue weighted by Crippen LogP contribution is -2.54. The van der Waals surface area contributed by atoms with Crippen LogP contribution < -0.4 is 0 Å². The molecule has 7 heteroatoms. The molecule has 1 saturated heterocycles. The van der Waals surface area contributed by atoms with Crippen molar-refractivity contribution in [2.45, 2.75) is 83.1 Å². The molecular weight excluding hydrogens is 508 g/mol. The van der Waals surface area contributed by atoms with E-state index in [-0.39, 0.29) is 6.61 Å². The molecule has 3 aromatic rings. The molecule has 0 unspecified atom stereocenters. The largest absolute Gasteiger partial charge is 0.479 e. The van der Waals surface area contributed by atoms with E-state index in [2.05, 4.69) is 0 Å². The zero-order chi connectivity index (χ0) is 28.0. The fraction of sp³-hybridized carbons (Fsp3) is 0.424. The van der Waals surface area contributed by atoms with E-state index >= 15 is 0 Å². The molecule has 0 aromatic heterocycles. The molecule has 1 aliphatic heterocycles. The smallest absolute Gasteiger partial charge is 0.332 e. The summed E-state index contributed by atoms with van der Waals surface area (Å²) in [5.41, 5.74) is 3.13. The average Bonchev–Trinajstić information content (AvgIpc) is 2.99. The van der Waals surface area contributed by atoms with Crippen LogP contribution in [-0.4, -0.2) is 48.4 Å². The van der Waals surface area contributed by atoms with Crippen molar-refractivity contribution < 1.29 is 33.6 Å². The first-order valence-corrected chi connectivity index (χ1v) is 14.1. The van der Waals surface area contributed by atoms with Crippen LogP contribution in [0, 0.1) is 0 Å². The fourth-order valence-electron chi connectivity index (χ4n) is 4.72. The van der Waals surface area contributed by atoms with Crippen molar-refractivity contribution in [3.63, 3.8) is 0 Å². The Hall–Kier alpha value is -3.07. The minimum Gasteiger partial charge on any atom is -0.479 e. The summed E-state index contributed by atoms with van der Waals surface area (Å²) in [6, 6.07) is 29.8. The Morgan fingerprint density at radius 3 is 1.95 bits per heavy atom. The van der Waals surface area contributed by atoms with Crippen molar-refractivity contribution in [1.29, 1.82) is 0 Å². The first-order chi connectivity index (χ1) is 19.6. The van der Waals surface area contributed by atoms with Crippen LogP contribution in [0.5, 0.6) is 0 Å². The van der Waals surface area contributed by atoms with E-state index in [0.717, 1.165) is 29.5 Å². The zero-order valence-corrected chi connectivity index (χ0v) is 23.1. The van der Waals surface area contributed by atoms with Gasteiger partial charge in [-0.2, -0.15) is 0 Å². The topological polar surface area (TPSA) is 83.5 Å². The molecule has 0 amide bonds. The van der Waals surface area contributed by atoms with Gasteiger partial charge < -0.3 is 28.8 Å². The Morgan fingerprint density at radius 2 is 1.40 bits per heavy atom. The van der Waals surface area contributed by atoms with Crippen molar-refractivity contribution in [1.82, 2.24) is 0 Å². The number of carboxylic acids is 1. The summed E-state index contributed by atoms with van der Waals surface area (Å²) < 4.78 is 31.3. The van der Waals surface area contributed by atoms with Gasteiger partial charge in [-0.1, -0.05) is 111 Å². The van der Waals surface area contributed by atoms with E-state index in [9.17, 15) is 9.90 Å². The standard InChI is InChI=1S/C33H40O7/c1-2-3-19-28(33(34)35)39-31-20-29(37-22-26-15-9-5-10-16-26)32(38-23-27-17-11-6-12-18-27)30(40-31)24-36-21-25-13-7-4-8-14-25/h4-18,28-32H,2-3,19-24H2,1H3,(H,34,35)/t28-,29+,30+,31-,32-/m0/s1. The van der Waals surface area contributed by atoms with Gasteiger partial charge in [0, 0.05) is 6.42 Å². The Bertz CT molecular complexity index is 1110. The number of unbranched alkanes of at least 4 members (excludes halogenated alkanes) is 1. The van der Waals surface area contributed by atoms with Crippen LogP contribution in [0.25, 0.3) is 0 Å². The maximum Gasteiger partial charge on any atom is 0.332 e. The maximum atomic E-state index is 11.9. The third-order valence-electron chi connectivity index (χ3n) is 6.88. The molecule has 5 atom stereocenters. The second kappa shape index (κ2) is 16.3. The summed E-state index contributed by atoms with van der Waals surface area (Å²) in [5, 5.41) is 9.78. The van der Waals surface area contributed by atoms with Gasteiger partial charge in [-0.05, 0) is 23.1 Å². The van der Waals surface area contributed by atoms with Crippen LogP contribution in [0.3, 0.4) is 0 Å². The lowest BCUT2D eigenvalue weighted by Gasteiger charge is -2.41. The summed E-state index contributed by atoms with van der Waals surface area (Å²) in [7, 11) is 0. The summed E-state index contributed by atoms with van der Waals surface area (Å²) in [6.07, 6.45) is -0.675. The highest BCUT2D eigenvalue weighted by atomic mass is 16.7. The molecule has 4 rings (SSSR count). The molecule has 0 spiro atoms. The zero-order valence-electron chi connectivity index (χ0n) is 23.1. The maximum absolute atomic E-state index is 11.9. The molecule has 40 heavy (non-hydrogen) atoms. The summed E-state index contributed by atoms with van der Waals surface area (Å²) in [6.45, 7) is 3.46. The molecule has 0 saturated carbocycles. The van der Waals surface area contributed by atoms with Crippen LogP contribution in [0.1, 0.15) is 49.3 Å². The second-order valence-corrected chi connectivity index (χ2v) is 10.0. The predicted molar refractivity (Wildman–Crippen MR) is 151 cm³/mol. The Kier molecular flexibility index (Phi) is 12.2. The van der Waals surface area contributed by atoms with E-state index in [4.69, 9.17) is 23.7 Å². The summed E-state index contributed by atoms with van der Waals surface area (Å²) in [5.74, 6) is -0.988. The number of hydrogen-bond acceptors (Lipinski definition) is 6. The second-order valence-electron chi connectivity index (χ2n) is 10.0. The highest BCUT2D eigenvalue weighted by Crippen LogP contribution is 2.29. The van der Waals surface area contributed by atoms with Gasteiger partial charge in [0.25, 0.3) is 0 Å². The quantitative estimate of drug-likeness (QED) is 0.230. The van der Waals surface area contributed by atoms with Crippen LogP contribution in [0.15, 0.2) is 91.0 Å². The molecule has 1 aliphatic rings. The number of ether oxygens (including phenoxy) is 5. The van der Waals surface area contributed by atoms with E-state index in [1.54, 1.807) is 0 Å². The van der Waals surface area contributed by atoms with Crippen LogP contribution in [0.4, 0.5) is 0 Å². The molecule has 3 aromatic carbocycles. The van der Waals surface area contributed by atoms with E-state index in [1.807, 2.05) is 97.9 Å². The molecule has 0 radical (unpaired) electrons. The first kappa shape index (κ1) is 29.9. The van der Waals surface area contributed by atoms with Crippen molar-refractivity contribution >= 4 is 5.97 Å². The minimum atomic E-state index is -0.988. The average molecular weight is 549 g/mol. The molecular formula is C33H40O7. The van der Waals surface area contributed by atoms with E-state index < -0.39 is 36.7 Å². The number of carbonyl (C=O) groups is 1. The van der Waals surface area contributed by atoms with Gasteiger partial charge in [-0.3, -0.25) is 0 Å². The van der Waals surface area contributed by atoms with Crippen molar-refractivity contribution in [3.8, 4) is 0 Å². The van der Waals surface area contributed by atoms with Gasteiger partial charge >= 0.3 is 5.97 Å². The van der Waals surface area contributed by atoms with Crippen molar-refractivity contribution in [2.24, 2.45) is 0 Å². The first-order valence-electron chi connectivity index (χ1n) is 14.1. The third kappa shape index (κ3) is 9.54. The van der Waals surface area contributed by atoms with Gasteiger partial charge in [0.05, 0.1) is 32.5 Å². The molecule has 1 fully saturated rings. The van der Waals surface area contributed by atoms with E-state index in [1.165, 1.54) is 0 Å². The van der Waals surface area contributed by atoms with Crippen molar-refractivity contribution in [3.05, 3.63) is 108 Å². The molecule has 0 bridgehead atoms. The van der Waals surface area contributed by atoms with Gasteiger partial charge in [-0.15, -0.1) is 0 Å². The molecule has 1 heterocycles. The van der Waals surface area contributed by atoms with E-state index in [0.29, 0.717) is 32.7 Å². The van der Waals surface area contributed by atoms with Gasteiger partial charge in [0.15, 0.2) is 12.4 Å². The van der Waals surface area contributed by atoms with Crippen LogP contribution >= 0.6 is 0 Å². The fourth-order valence-corrected chi connectivity index (χ4v) is 4.72. The number of aliphatic carboxylic acids is 1. The Morgan fingerprint density at radius 1 is 0.850 bits per heavy atom. The predicted octanol–water partition coefficient (Wildman–Crippen LogP) is 6.15. The van der Waals surface area contributed by atoms with Gasteiger partial charge in [0.1, 0.15) is 12.2 Å². The molecule has 0 aliphatic carbocycles.